The molecule has 2 heteroatoms. The number of nitrogens with two attached hydrogens (primary N) is 1. The molecule has 0 amide bonds. The number of benzene rings is 1. The smallest absolute Gasteiger partial charge is 0.0320 e. The van der Waals surface area contributed by atoms with Crippen molar-refractivity contribution in [3.8, 4) is 0 Å². The first kappa shape index (κ1) is 9.69. The summed E-state index contributed by atoms with van der Waals surface area (Å²) in [6.45, 7) is 4.43. The van der Waals surface area contributed by atoms with Crippen molar-refractivity contribution in [1.82, 2.24) is 4.90 Å². The Morgan fingerprint density at radius 2 is 2.07 bits per heavy atom. The van der Waals surface area contributed by atoms with E-state index >= 15 is 0 Å². The van der Waals surface area contributed by atoms with Gasteiger partial charge in [0.1, 0.15) is 0 Å². The van der Waals surface area contributed by atoms with Gasteiger partial charge in [-0.25, -0.2) is 0 Å². The molecule has 1 unspecified atom stereocenters. The topological polar surface area (TPSA) is 29.3 Å². The zero-order valence-electron chi connectivity index (χ0n) is 8.69. The van der Waals surface area contributed by atoms with Gasteiger partial charge in [0.05, 0.1) is 0 Å². The first-order chi connectivity index (χ1) is 6.77. The second kappa shape index (κ2) is 4.11. The van der Waals surface area contributed by atoms with E-state index in [4.69, 9.17) is 5.73 Å². The molecular formula is C12H18N2. The van der Waals surface area contributed by atoms with Crippen LogP contribution in [0.1, 0.15) is 24.9 Å². The number of hydrogen-bond donors (Lipinski definition) is 1. The van der Waals surface area contributed by atoms with E-state index in [1.54, 1.807) is 0 Å². The highest BCUT2D eigenvalue weighted by molar-refractivity contribution is 5.18. The maximum Gasteiger partial charge on any atom is 0.0320 e. The molecule has 0 aliphatic carbocycles. The van der Waals surface area contributed by atoms with Gasteiger partial charge in [0, 0.05) is 25.2 Å². The van der Waals surface area contributed by atoms with Gasteiger partial charge in [-0.05, 0) is 18.9 Å². The van der Waals surface area contributed by atoms with Gasteiger partial charge in [0.2, 0.25) is 0 Å². The fourth-order valence-electron chi connectivity index (χ4n) is 2.11. The van der Waals surface area contributed by atoms with E-state index < -0.39 is 0 Å². The molecule has 2 N–H and O–H groups in total. The van der Waals surface area contributed by atoms with Crippen LogP contribution < -0.4 is 5.73 Å². The molecule has 1 aromatic carbocycles. The molecule has 1 aliphatic rings. The van der Waals surface area contributed by atoms with Gasteiger partial charge in [-0.2, -0.15) is 0 Å². The minimum atomic E-state index is 0.376. The van der Waals surface area contributed by atoms with Crippen LogP contribution in [0.25, 0.3) is 0 Å². The summed E-state index contributed by atoms with van der Waals surface area (Å²) >= 11 is 0. The number of hydrogen-bond acceptors (Lipinski definition) is 2. The summed E-state index contributed by atoms with van der Waals surface area (Å²) in [4.78, 5) is 2.46. The molecule has 2 nitrogen and oxygen atoms in total. The lowest BCUT2D eigenvalue weighted by atomic mass is 10.1. The number of rotatable bonds is 2. The molecule has 2 atom stereocenters. The third-order valence-electron chi connectivity index (χ3n) is 3.09. The molecule has 0 bridgehead atoms. The van der Waals surface area contributed by atoms with Gasteiger partial charge >= 0.3 is 0 Å². The van der Waals surface area contributed by atoms with Crippen molar-refractivity contribution in [2.24, 2.45) is 5.73 Å². The van der Waals surface area contributed by atoms with Crippen LogP contribution in [-0.4, -0.2) is 24.0 Å². The quantitative estimate of drug-likeness (QED) is 0.770. The molecule has 14 heavy (non-hydrogen) atoms. The van der Waals surface area contributed by atoms with Crippen LogP contribution in [0.15, 0.2) is 30.3 Å². The minimum Gasteiger partial charge on any atom is -0.326 e. The van der Waals surface area contributed by atoms with Crippen molar-refractivity contribution in [2.45, 2.75) is 25.4 Å². The highest BCUT2D eigenvalue weighted by atomic mass is 15.2. The zero-order valence-corrected chi connectivity index (χ0v) is 8.69. The Labute approximate surface area is 85.7 Å². The minimum absolute atomic E-state index is 0.376. The lowest BCUT2D eigenvalue weighted by Gasteiger charge is -2.24. The molecular weight excluding hydrogens is 172 g/mol. The van der Waals surface area contributed by atoms with Gasteiger partial charge in [-0.1, -0.05) is 30.3 Å². The van der Waals surface area contributed by atoms with Crippen LogP contribution in [0.5, 0.6) is 0 Å². The Morgan fingerprint density at radius 3 is 2.64 bits per heavy atom. The van der Waals surface area contributed by atoms with Crippen LogP contribution >= 0.6 is 0 Å². The molecule has 2 rings (SSSR count). The maximum absolute atomic E-state index is 5.90. The summed E-state index contributed by atoms with van der Waals surface area (Å²) in [6.07, 6.45) is 1.14. The van der Waals surface area contributed by atoms with Gasteiger partial charge in [-0.3, -0.25) is 4.90 Å². The normalized spacial score (nSPS) is 25.1. The molecule has 0 saturated carbocycles. The van der Waals surface area contributed by atoms with E-state index in [0.29, 0.717) is 12.1 Å². The molecule has 1 aliphatic heterocycles. The van der Waals surface area contributed by atoms with E-state index in [1.807, 2.05) is 0 Å². The SMILES string of the molecule is C[C@@H](c1ccccc1)N1CCC(N)C1. The predicted molar refractivity (Wildman–Crippen MR) is 59.0 cm³/mol. The number of nitrogens with zero attached hydrogens (tertiary/aromatic N) is 1. The molecule has 1 heterocycles. The second-order valence-corrected chi connectivity index (χ2v) is 4.13. The average molecular weight is 190 g/mol. The number of likely N-dealkylation sites (tertiary alicyclic amines) is 1. The third kappa shape index (κ3) is 1.97. The van der Waals surface area contributed by atoms with Crippen molar-refractivity contribution >= 4 is 0 Å². The Hall–Kier alpha value is -0.860. The van der Waals surface area contributed by atoms with Crippen molar-refractivity contribution in [3.63, 3.8) is 0 Å². The van der Waals surface area contributed by atoms with Gasteiger partial charge in [0.25, 0.3) is 0 Å². The molecule has 0 aromatic heterocycles. The van der Waals surface area contributed by atoms with Crippen LogP contribution in [0, 0.1) is 0 Å². The van der Waals surface area contributed by atoms with Crippen molar-refractivity contribution in [3.05, 3.63) is 35.9 Å². The molecule has 0 radical (unpaired) electrons. The third-order valence-corrected chi connectivity index (χ3v) is 3.09. The lowest BCUT2D eigenvalue weighted by molar-refractivity contribution is 0.260. The first-order valence-corrected chi connectivity index (χ1v) is 5.32. The molecule has 76 valence electrons. The molecule has 1 saturated heterocycles. The summed E-state index contributed by atoms with van der Waals surface area (Å²) in [5.41, 5.74) is 7.29. The van der Waals surface area contributed by atoms with Gasteiger partial charge in [0.15, 0.2) is 0 Å². The maximum atomic E-state index is 5.90. The summed E-state index contributed by atoms with van der Waals surface area (Å²) < 4.78 is 0. The Bertz CT molecular complexity index is 284. The summed E-state index contributed by atoms with van der Waals surface area (Å²) in [5.74, 6) is 0. The van der Waals surface area contributed by atoms with Crippen LogP contribution in [0.4, 0.5) is 0 Å². The van der Waals surface area contributed by atoms with E-state index in [0.717, 1.165) is 19.5 Å². The molecule has 1 aromatic rings. The standard InChI is InChI=1S/C12H18N2/c1-10(11-5-3-2-4-6-11)14-8-7-12(13)9-14/h2-6,10,12H,7-9,13H2,1H3/t10-,12?/m0/s1. The highest BCUT2D eigenvalue weighted by Gasteiger charge is 2.23. The van der Waals surface area contributed by atoms with E-state index in [9.17, 15) is 0 Å². The van der Waals surface area contributed by atoms with E-state index in [2.05, 4.69) is 42.2 Å². The average Bonchev–Trinajstić information content (AvgIpc) is 2.65. The summed E-state index contributed by atoms with van der Waals surface area (Å²) in [7, 11) is 0. The first-order valence-electron chi connectivity index (χ1n) is 5.32. The van der Waals surface area contributed by atoms with E-state index in [1.165, 1.54) is 5.56 Å². The summed E-state index contributed by atoms with van der Waals surface area (Å²) in [5, 5.41) is 0. The summed E-state index contributed by atoms with van der Waals surface area (Å²) in [6, 6.07) is 11.5. The Balaban J connectivity index is 2.05. The second-order valence-electron chi connectivity index (χ2n) is 4.13. The zero-order chi connectivity index (χ0) is 9.97. The fourth-order valence-corrected chi connectivity index (χ4v) is 2.11. The molecule has 1 fully saturated rings. The van der Waals surface area contributed by atoms with Crippen molar-refractivity contribution in [2.75, 3.05) is 13.1 Å². The highest BCUT2D eigenvalue weighted by Crippen LogP contribution is 2.23. The van der Waals surface area contributed by atoms with Crippen LogP contribution in [0.3, 0.4) is 0 Å². The Morgan fingerprint density at radius 1 is 1.36 bits per heavy atom. The largest absolute Gasteiger partial charge is 0.326 e. The predicted octanol–water partition coefficient (Wildman–Crippen LogP) is 1.78. The van der Waals surface area contributed by atoms with E-state index in [-0.39, 0.29) is 0 Å². The monoisotopic (exact) mass is 190 g/mol. The van der Waals surface area contributed by atoms with Crippen LogP contribution in [-0.2, 0) is 0 Å². The van der Waals surface area contributed by atoms with Gasteiger partial charge in [-0.15, -0.1) is 0 Å². The van der Waals surface area contributed by atoms with Crippen molar-refractivity contribution < 1.29 is 0 Å². The van der Waals surface area contributed by atoms with Gasteiger partial charge < -0.3 is 5.73 Å². The lowest BCUT2D eigenvalue weighted by Crippen LogP contribution is -2.28. The Kier molecular flexibility index (Phi) is 2.85. The fraction of sp³-hybridized carbons (Fsp3) is 0.500. The molecule has 0 spiro atoms. The van der Waals surface area contributed by atoms with Crippen LogP contribution in [0.2, 0.25) is 0 Å². The van der Waals surface area contributed by atoms with Crippen molar-refractivity contribution in [1.29, 1.82) is 0 Å².